The molecule has 5 nitrogen and oxygen atoms in total. The molecule has 0 fully saturated rings. The van der Waals surface area contributed by atoms with Crippen molar-refractivity contribution < 1.29 is 23.3 Å². The van der Waals surface area contributed by atoms with Crippen molar-refractivity contribution in [1.29, 1.82) is 0 Å². The van der Waals surface area contributed by atoms with Gasteiger partial charge in [0.2, 0.25) is 0 Å². The summed E-state index contributed by atoms with van der Waals surface area (Å²) in [5.41, 5.74) is 1.36. The highest BCUT2D eigenvalue weighted by molar-refractivity contribution is 5.93. The fourth-order valence-corrected chi connectivity index (χ4v) is 2.22. The monoisotopic (exact) mass is 348 g/mol. The first kappa shape index (κ1) is 18.5. The number of anilines is 2. The van der Waals surface area contributed by atoms with Gasteiger partial charge in [-0.15, -0.1) is 0 Å². The Morgan fingerprint density at radius 2 is 1.44 bits per heavy atom. The Morgan fingerprint density at radius 3 is 2.00 bits per heavy atom. The minimum absolute atomic E-state index is 0.0479. The highest BCUT2D eigenvalue weighted by Gasteiger charge is 2.15. The standard InChI is InChI=1S/C18H19F2N3O2/c1-12-3-6-15(9-16(12)20)22-18(25)11-23(2)10-17(24)21-14-7-4-13(19)5-8-14/h3-9H,10-11H2,1-2H3,(H,21,24)(H,22,25)/p+1. The summed E-state index contributed by atoms with van der Waals surface area (Å²) in [7, 11) is 1.69. The maximum atomic E-state index is 13.5. The summed E-state index contributed by atoms with van der Waals surface area (Å²) in [6, 6.07) is 9.87. The van der Waals surface area contributed by atoms with Gasteiger partial charge in [-0.1, -0.05) is 6.07 Å². The molecule has 0 saturated heterocycles. The summed E-state index contributed by atoms with van der Waals surface area (Å²) in [5, 5.41) is 5.23. The zero-order valence-corrected chi connectivity index (χ0v) is 14.0. The number of quaternary nitrogens is 1. The van der Waals surface area contributed by atoms with Crippen molar-refractivity contribution in [2.75, 3.05) is 30.8 Å². The number of rotatable bonds is 6. The summed E-state index contributed by atoms with van der Waals surface area (Å²) >= 11 is 0. The van der Waals surface area contributed by atoms with Crippen LogP contribution in [0, 0.1) is 18.6 Å². The number of hydrogen-bond acceptors (Lipinski definition) is 2. The number of aryl methyl sites for hydroxylation is 1. The molecule has 2 aromatic carbocycles. The molecule has 0 aliphatic rings. The lowest BCUT2D eigenvalue weighted by Gasteiger charge is -2.14. The summed E-state index contributed by atoms with van der Waals surface area (Å²) in [4.78, 5) is 24.5. The van der Waals surface area contributed by atoms with E-state index in [1.807, 2.05) is 0 Å². The summed E-state index contributed by atoms with van der Waals surface area (Å²) in [6.45, 7) is 1.75. The van der Waals surface area contributed by atoms with E-state index in [9.17, 15) is 18.4 Å². The molecule has 0 aliphatic carbocycles. The first-order chi connectivity index (χ1) is 11.8. The molecule has 1 unspecified atom stereocenters. The van der Waals surface area contributed by atoms with Crippen LogP contribution in [-0.4, -0.2) is 32.0 Å². The smallest absolute Gasteiger partial charge is 0.279 e. The highest BCUT2D eigenvalue weighted by atomic mass is 19.1. The molecule has 0 bridgehead atoms. The van der Waals surface area contributed by atoms with Gasteiger partial charge in [0, 0.05) is 11.4 Å². The summed E-state index contributed by atoms with van der Waals surface area (Å²) in [6.07, 6.45) is 0. The van der Waals surface area contributed by atoms with E-state index in [4.69, 9.17) is 0 Å². The first-order valence-corrected chi connectivity index (χ1v) is 7.76. The zero-order chi connectivity index (χ0) is 18.4. The Balaban J connectivity index is 1.81. The molecule has 1 atom stereocenters. The molecule has 2 aromatic rings. The number of halogens is 2. The van der Waals surface area contributed by atoms with Crippen molar-refractivity contribution in [1.82, 2.24) is 0 Å². The van der Waals surface area contributed by atoms with Crippen LogP contribution in [0.25, 0.3) is 0 Å². The quantitative estimate of drug-likeness (QED) is 0.738. The second-order valence-corrected chi connectivity index (χ2v) is 5.88. The number of benzene rings is 2. The highest BCUT2D eigenvalue weighted by Crippen LogP contribution is 2.13. The van der Waals surface area contributed by atoms with Gasteiger partial charge in [-0.3, -0.25) is 9.59 Å². The molecule has 0 aromatic heterocycles. The van der Waals surface area contributed by atoms with Gasteiger partial charge < -0.3 is 15.5 Å². The average Bonchev–Trinajstić information content (AvgIpc) is 2.52. The third-order valence-corrected chi connectivity index (χ3v) is 3.51. The number of likely N-dealkylation sites (N-methyl/N-ethyl adjacent to an activating group) is 1. The van der Waals surface area contributed by atoms with Gasteiger partial charge in [0.05, 0.1) is 7.05 Å². The van der Waals surface area contributed by atoms with E-state index in [0.717, 1.165) is 0 Å². The minimum Gasteiger partial charge on any atom is -0.322 e. The lowest BCUT2D eigenvalue weighted by Crippen LogP contribution is -3.11. The minimum atomic E-state index is -0.392. The third-order valence-electron chi connectivity index (χ3n) is 3.51. The molecular weight excluding hydrogens is 328 g/mol. The fraction of sp³-hybridized carbons (Fsp3) is 0.222. The van der Waals surface area contributed by atoms with Gasteiger partial charge in [-0.25, -0.2) is 8.78 Å². The zero-order valence-electron chi connectivity index (χ0n) is 14.0. The van der Waals surface area contributed by atoms with Gasteiger partial charge >= 0.3 is 0 Å². The number of carbonyl (C=O) groups is 2. The second-order valence-electron chi connectivity index (χ2n) is 5.88. The Kier molecular flexibility index (Phi) is 6.19. The van der Waals surface area contributed by atoms with Crippen molar-refractivity contribution in [3.63, 3.8) is 0 Å². The molecule has 132 valence electrons. The Labute approximate surface area is 144 Å². The maximum absolute atomic E-state index is 13.5. The largest absolute Gasteiger partial charge is 0.322 e. The molecule has 0 spiro atoms. The maximum Gasteiger partial charge on any atom is 0.279 e. The van der Waals surface area contributed by atoms with Crippen LogP contribution < -0.4 is 15.5 Å². The lowest BCUT2D eigenvalue weighted by molar-refractivity contribution is -0.862. The van der Waals surface area contributed by atoms with E-state index < -0.39 is 5.82 Å². The van der Waals surface area contributed by atoms with E-state index in [-0.39, 0.29) is 30.7 Å². The average molecular weight is 348 g/mol. The van der Waals surface area contributed by atoms with Crippen LogP contribution in [0.1, 0.15) is 5.56 Å². The van der Waals surface area contributed by atoms with Crippen LogP contribution in [0.3, 0.4) is 0 Å². The molecule has 2 rings (SSSR count). The van der Waals surface area contributed by atoms with Crippen LogP contribution in [0.15, 0.2) is 42.5 Å². The number of carbonyl (C=O) groups excluding carboxylic acids is 2. The molecule has 7 heteroatoms. The van der Waals surface area contributed by atoms with Crippen LogP contribution >= 0.6 is 0 Å². The second kappa shape index (κ2) is 8.34. The SMILES string of the molecule is Cc1ccc(NC(=O)C[NH+](C)CC(=O)Nc2ccc(F)cc2)cc1F. The predicted molar refractivity (Wildman–Crippen MR) is 91.4 cm³/mol. The van der Waals surface area contributed by atoms with Crippen molar-refractivity contribution in [3.8, 4) is 0 Å². The van der Waals surface area contributed by atoms with Crippen LogP contribution in [0.4, 0.5) is 20.2 Å². The van der Waals surface area contributed by atoms with Crippen molar-refractivity contribution >= 4 is 23.2 Å². The van der Waals surface area contributed by atoms with E-state index in [1.165, 1.54) is 30.3 Å². The van der Waals surface area contributed by atoms with Gasteiger partial charge in [0.15, 0.2) is 13.1 Å². The molecule has 2 amide bonds. The van der Waals surface area contributed by atoms with Crippen molar-refractivity contribution in [3.05, 3.63) is 59.7 Å². The molecular formula is C18H20F2N3O2+. The van der Waals surface area contributed by atoms with Crippen molar-refractivity contribution in [2.45, 2.75) is 6.92 Å². The summed E-state index contributed by atoms with van der Waals surface area (Å²) in [5.74, 6) is -1.39. The van der Waals surface area contributed by atoms with E-state index >= 15 is 0 Å². The van der Waals surface area contributed by atoms with Crippen molar-refractivity contribution in [2.24, 2.45) is 0 Å². The fourth-order valence-electron chi connectivity index (χ4n) is 2.22. The Bertz CT molecular complexity index is 763. The molecule has 3 N–H and O–H groups in total. The van der Waals surface area contributed by atoms with Gasteiger partial charge in [0.25, 0.3) is 11.8 Å². The van der Waals surface area contributed by atoms with E-state index in [0.29, 0.717) is 21.8 Å². The van der Waals surface area contributed by atoms with Crippen LogP contribution in [0.5, 0.6) is 0 Å². The van der Waals surface area contributed by atoms with Gasteiger partial charge in [0.1, 0.15) is 11.6 Å². The third kappa shape index (κ3) is 5.96. The normalized spacial score (nSPS) is 11.7. The number of amides is 2. The summed E-state index contributed by atoms with van der Waals surface area (Å²) < 4.78 is 26.3. The topological polar surface area (TPSA) is 62.6 Å². The first-order valence-electron chi connectivity index (χ1n) is 7.76. The number of hydrogen-bond donors (Lipinski definition) is 3. The lowest BCUT2D eigenvalue weighted by atomic mass is 10.2. The van der Waals surface area contributed by atoms with Crippen LogP contribution in [-0.2, 0) is 9.59 Å². The molecule has 25 heavy (non-hydrogen) atoms. The molecule has 0 saturated carbocycles. The van der Waals surface area contributed by atoms with Gasteiger partial charge in [-0.05, 0) is 48.9 Å². The Hall–Kier alpha value is -2.80. The predicted octanol–water partition coefficient (Wildman–Crippen LogP) is 1.37. The Morgan fingerprint density at radius 1 is 0.920 bits per heavy atom. The van der Waals surface area contributed by atoms with E-state index in [1.54, 1.807) is 26.1 Å². The number of nitrogens with one attached hydrogen (secondary N) is 3. The van der Waals surface area contributed by atoms with E-state index in [2.05, 4.69) is 10.6 Å². The van der Waals surface area contributed by atoms with Crippen LogP contribution in [0.2, 0.25) is 0 Å². The molecule has 0 heterocycles. The molecule has 0 radical (unpaired) electrons. The molecule has 0 aliphatic heterocycles. The van der Waals surface area contributed by atoms with Gasteiger partial charge in [-0.2, -0.15) is 0 Å².